The second kappa shape index (κ2) is 11.4. The van der Waals surface area contributed by atoms with Crippen LogP contribution in [0.4, 0.5) is 5.69 Å². The average Bonchev–Trinajstić information content (AvgIpc) is 3.21. The number of benzene rings is 3. The minimum absolute atomic E-state index is 0.0381. The summed E-state index contributed by atoms with van der Waals surface area (Å²) in [6, 6.07) is 23.8. The van der Waals surface area contributed by atoms with Gasteiger partial charge in [0.1, 0.15) is 11.4 Å². The molecular weight excluding hydrogens is 532 g/mol. The number of ether oxygens (including phenoxy) is 1. The fourth-order valence-electron chi connectivity index (χ4n) is 5.14. The highest BCUT2D eigenvalue weighted by molar-refractivity contribution is 6.07. The number of nitrogens with one attached hydrogen (secondary N) is 1. The van der Waals surface area contributed by atoms with Gasteiger partial charge in [-0.15, -0.1) is 0 Å². The maximum absolute atomic E-state index is 13.8. The van der Waals surface area contributed by atoms with Gasteiger partial charge in [0.25, 0.3) is 17.0 Å². The van der Waals surface area contributed by atoms with E-state index < -0.39 is 23.5 Å². The molecule has 0 radical (unpaired) electrons. The first-order valence-corrected chi connectivity index (χ1v) is 13.7. The van der Waals surface area contributed by atoms with Gasteiger partial charge < -0.3 is 14.6 Å². The van der Waals surface area contributed by atoms with Crippen LogP contribution in [0.3, 0.4) is 0 Å². The van der Waals surface area contributed by atoms with E-state index in [0.29, 0.717) is 27.7 Å². The number of aryl methyl sites for hydroxylation is 1. The molecule has 3 aromatic carbocycles. The summed E-state index contributed by atoms with van der Waals surface area (Å²) in [5.41, 5.74) is 2.88. The number of esters is 1. The van der Waals surface area contributed by atoms with Crippen LogP contribution >= 0.6 is 0 Å². The first kappa shape index (κ1) is 28.4. The van der Waals surface area contributed by atoms with Gasteiger partial charge in [0, 0.05) is 25.0 Å². The van der Waals surface area contributed by atoms with Crippen molar-refractivity contribution in [3.8, 4) is 16.8 Å². The highest BCUT2D eigenvalue weighted by atomic mass is 16.5. The minimum atomic E-state index is -1.21. The summed E-state index contributed by atoms with van der Waals surface area (Å²) in [7, 11) is 3.24. The van der Waals surface area contributed by atoms with E-state index in [2.05, 4.69) is 5.32 Å². The second-order valence-corrected chi connectivity index (χ2v) is 10.2. The van der Waals surface area contributed by atoms with Crippen LogP contribution in [0.2, 0.25) is 0 Å². The van der Waals surface area contributed by atoms with Gasteiger partial charge in [0.2, 0.25) is 0 Å². The number of rotatable bonds is 7. The van der Waals surface area contributed by atoms with E-state index in [0.717, 1.165) is 11.1 Å². The third-order valence-corrected chi connectivity index (χ3v) is 7.55. The van der Waals surface area contributed by atoms with Gasteiger partial charge in [-0.2, -0.15) is 0 Å². The van der Waals surface area contributed by atoms with Crippen LogP contribution in [-0.4, -0.2) is 31.9 Å². The quantitative estimate of drug-likeness (QED) is 0.284. The Bertz CT molecular complexity index is 1930. The van der Waals surface area contributed by atoms with Crippen molar-refractivity contribution in [2.24, 2.45) is 14.1 Å². The molecule has 2 aromatic heterocycles. The van der Waals surface area contributed by atoms with Crippen LogP contribution in [-0.2, 0) is 23.6 Å². The first-order valence-electron chi connectivity index (χ1n) is 13.7. The molecule has 5 rings (SSSR count). The molecule has 5 aromatic rings. The van der Waals surface area contributed by atoms with E-state index in [1.165, 1.54) is 16.3 Å². The average molecular weight is 565 g/mol. The lowest BCUT2D eigenvalue weighted by molar-refractivity contribution is -0.124. The minimum Gasteiger partial charge on any atom is -0.448 e. The zero-order valence-electron chi connectivity index (χ0n) is 24.2. The highest BCUT2D eigenvalue weighted by Crippen LogP contribution is 2.31. The monoisotopic (exact) mass is 564 g/mol. The Balaban J connectivity index is 1.52. The van der Waals surface area contributed by atoms with Gasteiger partial charge in [0.05, 0.1) is 11.4 Å². The first-order chi connectivity index (χ1) is 20.1. The molecular formula is C33H32N4O5. The third-order valence-electron chi connectivity index (χ3n) is 7.55. The number of anilines is 1. The molecule has 42 heavy (non-hydrogen) atoms. The smallest absolute Gasteiger partial charge is 0.356 e. The number of para-hydroxylation sites is 1. The molecule has 0 fully saturated rings. The lowest BCUT2D eigenvalue weighted by atomic mass is 9.96. The molecule has 2 heterocycles. The molecule has 0 aliphatic carbocycles. The molecule has 0 aliphatic rings. The van der Waals surface area contributed by atoms with E-state index in [4.69, 9.17) is 4.74 Å². The molecule has 9 nitrogen and oxygen atoms in total. The number of carbonyl (C=O) groups is 2. The molecule has 9 heteroatoms. The summed E-state index contributed by atoms with van der Waals surface area (Å²) >= 11 is 0. The molecule has 1 atom stereocenters. The van der Waals surface area contributed by atoms with Crippen LogP contribution in [0.15, 0.2) is 88.5 Å². The fourth-order valence-corrected chi connectivity index (χ4v) is 5.14. The highest BCUT2D eigenvalue weighted by Gasteiger charge is 2.29. The van der Waals surface area contributed by atoms with E-state index in [1.54, 1.807) is 62.0 Å². The van der Waals surface area contributed by atoms with Crippen molar-refractivity contribution in [1.29, 1.82) is 0 Å². The number of pyridine rings is 1. The van der Waals surface area contributed by atoms with Crippen LogP contribution in [0, 0.1) is 13.8 Å². The Labute approximate surface area is 242 Å². The lowest BCUT2D eigenvalue weighted by Gasteiger charge is -2.20. The number of hydrogen-bond acceptors (Lipinski definition) is 5. The van der Waals surface area contributed by atoms with Gasteiger partial charge in [0.15, 0.2) is 6.10 Å². The van der Waals surface area contributed by atoms with Gasteiger partial charge in [-0.3, -0.25) is 19.1 Å². The molecule has 214 valence electrons. The van der Waals surface area contributed by atoms with E-state index in [1.807, 2.05) is 49.4 Å². The standard InChI is InChI=1S/C33H32N4O5/c1-6-26(30(38)34-28-21(3)36(5)37(32(28)40)23-12-8-7-9-13-23)42-33(41)29-27(22-18-16-20(2)17-19-22)24-14-10-11-15-25(24)31(39)35(29)4/h7-19,26H,6H2,1-5H3,(H,34,38). The van der Waals surface area contributed by atoms with Crippen molar-refractivity contribution >= 4 is 28.3 Å². The van der Waals surface area contributed by atoms with Crippen molar-refractivity contribution in [2.45, 2.75) is 33.3 Å². The van der Waals surface area contributed by atoms with Crippen LogP contribution in [0.25, 0.3) is 27.6 Å². The van der Waals surface area contributed by atoms with Crippen molar-refractivity contribution in [3.05, 3.63) is 117 Å². The van der Waals surface area contributed by atoms with E-state index in [-0.39, 0.29) is 23.4 Å². The molecule has 0 saturated carbocycles. The molecule has 0 aliphatic heterocycles. The van der Waals surface area contributed by atoms with Crippen molar-refractivity contribution in [3.63, 3.8) is 0 Å². The predicted molar refractivity (Wildman–Crippen MR) is 163 cm³/mol. The van der Waals surface area contributed by atoms with Gasteiger partial charge >= 0.3 is 5.97 Å². The van der Waals surface area contributed by atoms with Crippen LogP contribution in [0.1, 0.15) is 35.1 Å². The Morgan fingerprint density at radius 1 is 0.833 bits per heavy atom. The van der Waals surface area contributed by atoms with Crippen molar-refractivity contribution < 1.29 is 14.3 Å². The summed E-state index contributed by atoms with van der Waals surface area (Å²) in [6.07, 6.45) is -1.06. The largest absolute Gasteiger partial charge is 0.448 e. The number of hydrogen-bond donors (Lipinski definition) is 1. The fraction of sp³-hybridized carbons (Fsp3) is 0.212. The summed E-state index contributed by atoms with van der Waals surface area (Å²) in [5.74, 6) is -1.45. The maximum Gasteiger partial charge on any atom is 0.356 e. The molecule has 1 unspecified atom stereocenters. The third kappa shape index (κ3) is 4.94. The zero-order valence-corrected chi connectivity index (χ0v) is 24.2. The normalized spacial score (nSPS) is 11.8. The Morgan fingerprint density at radius 2 is 1.45 bits per heavy atom. The molecule has 0 bridgehead atoms. The number of aromatic nitrogens is 3. The van der Waals surface area contributed by atoms with Crippen molar-refractivity contribution in [2.75, 3.05) is 5.32 Å². The number of carbonyl (C=O) groups excluding carboxylic acids is 2. The predicted octanol–water partition coefficient (Wildman–Crippen LogP) is 4.89. The summed E-state index contributed by atoms with van der Waals surface area (Å²) in [6.45, 7) is 5.39. The topological polar surface area (TPSA) is 104 Å². The Morgan fingerprint density at radius 3 is 2.10 bits per heavy atom. The molecule has 1 amide bonds. The second-order valence-electron chi connectivity index (χ2n) is 10.2. The molecule has 0 spiro atoms. The SMILES string of the molecule is CCC(OC(=O)c1c(-c2ccc(C)cc2)c2ccccc2c(=O)n1C)C(=O)Nc1c(C)n(C)n(-c2ccccc2)c1=O. The van der Waals surface area contributed by atoms with Crippen molar-refractivity contribution in [1.82, 2.24) is 13.9 Å². The molecule has 1 N–H and O–H groups in total. The number of nitrogens with zero attached hydrogens (tertiary/aromatic N) is 3. The summed E-state index contributed by atoms with van der Waals surface area (Å²) in [5, 5.41) is 3.76. The van der Waals surface area contributed by atoms with Crippen LogP contribution in [0.5, 0.6) is 0 Å². The Kier molecular flexibility index (Phi) is 7.67. The van der Waals surface area contributed by atoms with E-state index in [9.17, 15) is 19.2 Å². The number of fused-ring (bicyclic) bond motifs is 1. The summed E-state index contributed by atoms with van der Waals surface area (Å²) < 4.78 is 10.1. The van der Waals surface area contributed by atoms with Gasteiger partial charge in [-0.05, 0) is 49.4 Å². The van der Waals surface area contributed by atoms with E-state index >= 15 is 0 Å². The van der Waals surface area contributed by atoms with Gasteiger partial charge in [-0.1, -0.05) is 73.2 Å². The molecule has 0 saturated heterocycles. The number of amides is 1. The zero-order chi connectivity index (χ0) is 30.1. The maximum atomic E-state index is 13.8. The summed E-state index contributed by atoms with van der Waals surface area (Å²) in [4.78, 5) is 53.8. The van der Waals surface area contributed by atoms with Gasteiger partial charge in [-0.25, -0.2) is 9.48 Å². The lowest BCUT2D eigenvalue weighted by Crippen LogP contribution is -2.35. The van der Waals surface area contributed by atoms with Crippen LogP contribution < -0.4 is 16.4 Å². The Hall–Kier alpha value is -5.18.